The fraction of sp³-hybridized carbons (Fsp3) is 0.333. The van der Waals surface area contributed by atoms with E-state index in [2.05, 4.69) is 23.6 Å². The second-order valence-electron chi connectivity index (χ2n) is 8.43. The van der Waals surface area contributed by atoms with Crippen molar-refractivity contribution in [2.24, 2.45) is 0 Å². The van der Waals surface area contributed by atoms with E-state index in [9.17, 15) is 23.5 Å². The fourth-order valence-electron chi connectivity index (χ4n) is 3.80. The second kappa shape index (κ2) is 12.9. The first kappa shape index (κ1) is 26.2. The van der Waals surface area contributed by atoms with E-state index < -0.39 is 29.7 Å². The number of carbonyl (C=O) groups is 2. The summed E-state index contributed by atoms with van der Waals surface area (Å²) in [5.74, 6) is -2.08. The number of benzene rings is 2. The van der Waals surface area contributed by atoms with Gasteiger partial charge in [-0.2, -0.15) is 0 Å². The molecule has 3 N–H and O–H groups in total. The summed E-state index contributed by atoms with van der Waals surface area (Å²) in [7, 11) is 0. The molecular formula is C27H30F2N2O4. The molecule has 0 spiro atoms. The molecular weight excluding hydrogens is 454 g/mol. The maximum absolute atomic E-state index is 13.7. The molecule has 8 heteroatoms. The molecule has 0 unspecified atom stereocenters. The third-order valence-electron chi connectivity index (χ3n) is 5.65. The van der Waals surface area contributed by atoms with E-state index in [1.807, 2.05) is 18.2 Å². The smallest absolute Gasteiger partial charge is 0.220 e. The minimum atomic E-state index is -1.04. The fourth-order valence-corrected chi connectivity index (χ4v) is 3.80. The summed E-state index contributed by atoms with van der Waals surface area (Å²) in [5, 5.41) is 16.7. The van der Waals surface area contributed by atoms with E-state index >= 15 is 0 Å². The molecule has 0 fully saturated rings. The summed E-state index contributed by atoms with van der Waals surface area (Å²) in [5.41, 5.74) is 2.56. The predicted molar refractivity (Wildman–Crippen MR) is 128 cm³/mol. The zero-order chi connectivity index (χ0) is 25.2. The highest BCUT2D eigenvalue weighted by Gasteiger charge is 2.23. The van der Waals surface area contributed by atoms with Crippen molar-refractivity contribution in [3.63, 3.8) is 0 Å². The van der Waals surface area contributed by atoms with Gasteiger partial charge in [0, 0.05) is 32.0 Å². The average Bonchev–Trinajstić information content (AvgIpc) is 3.37. The molecule has 1 heterocycles. The van der Waals surface area contributed by atoms with Gasteiger partial charge < -0.3 is 20.2 Å². The van der Waals surface area contributed by atoms with Crippen molar-refractivity contribution >= 4 is 11.7 Å². The van der Waals surface area contributed by atoms with Crippen molar-refractivity contribution in [1.29, 1.82) is 0 Å². The third kappa shape index (κ3) is 8.42. The Bertz CT molecular complexity index is 1100. The standard InChI is InChI=1S/C27H30F2N2O4/c1-2-18-5-3-6-19(11-18)16-30-17-25(33)23(14-20-12-21(28)15-22(29)13-20)31-27(34)9-8-24(32)26-7-4-10-35-26/h3-7,10-13,15,23,25,30,33H,2,8-9,14,16-17H2,1H3,(H,31,34)/t23-,25-/m0/s1. The molecule has 0 aliphatic heterocycles. The zero-order valence-electron chi connectivity index (χ0n) is 19.6. The van der Waals surface area contributed by atoms with Gasteiger partial charge in [-0.05, 0) is 53.8 Å². The van der Waals surface area contributed by atoms with E-state index in [0.717, 1.165) is 18.1 Å². The third-order valence-corrected chi connectivity index (χ3v) is 5.65. The highest BCUT2D eigenvalue weighted by molar-refractivity contribution is 5.95. The van der Waals surface area contributed by atoms with Gasteiger partial charge in [0.2, 0.25) is 5.91 Å². The summed E-state index contributed by atoms with van der Waals surface area (Å²) < 4.78 is 32.4. The van der Waals surface area contributed by atoms with Crippen molar-refractivity contribution in [3.05, 3.63) is 94.9 Å². The molecule has 0 aliphatic carbocycles. The summed E-state index contributed by atoms with van der Waals surface area (Å²) in [6.45, 7) is 2.73. The lowest BCUT2D eigenvalue weighted by Crippen LogP contribution is -2.48. The molecule has 0 saturated carbocycles. The Labute approximate surface area is 203 Å². The Morgan fingerprint density at radius 2 is 1.71 bits per heavy atom. The lowest BCUT2D eigenvalue weighted by molar-refractivity contribution is -0.122. The van der Waals surface area contributed by atoms with Crippen LogP contribution in [0.3, 0.4) is 0 Å². The van der Waals surface area contributed by atoms with E-state index in [0.29, 0.717) is 12.1 Å². The molecule has 1 amide bonds. The predicted octanol–water partition coefficient (Wildman–Crippen LogP) is 3.96. The number of hydrogen-bond donors (Lipinski definition) is 3. The summed E-state index contributed by atoms with van der Waals surface area (Å²) >= 11 is 0. The van der Waals surface area contributed by atoms with Crippen molar-refractivity contribution in [2.75, 3.05) is 6.54 Å². The van der Waals surface area contributed by atoms with Crippen LogP contribution in [0.25, 0.3) is 0 Å². The number of furan rings is 1. The quantitative estimate of drug-likeness (QED) is 0.320. The highest BCUT2D eigenvalue weighted by atomic mass is 19.1. The molecule has 0 aliphatic rings. The largest absolute Gasteiger partial charge is 0.461 e. The van der Waals surface area contributed by atoms with E-state index in [1.165, 1.54) is 30.0 Å². The lowest BCUT2D eigenvalue weighted by atomic mass is 10.00. The zero-order valence-corrected chi connectivity index (χ0v) is 19.6. The Hall–Kier alpha value is -3.36. The molecule has 1 aromatic heterocycles. The van der Waals surface area contributed by atoms with Gasteiger partial charge in [-0.25, -0.2) is 8.78 Å². The first-order valence-corrected chi connectivity index (χ1v) is 11.6. The Kier molecular flexibility index (Phi) is 9.69. The van der Waals surface area contributed by atoms with Gasteiger partial charge in [-0.15, -0.1) is 0 Å². The number of carbonyl (C=O) groups excluding carboxylic acids is 2. The molecule has 6 nitrogen and oxygen atoms in total. The van der Waals surface area contributed by atoms with E-state index in [1.54, 1.807) is 6.07 Å². The SMILES string of the molecule is CCc1cccc(CNC[C@H](O)[C@H](Cc2cc(F)cc(F)c2)NC(=O)CCC(=O)c2ccco2)c1. The maximum Gasteiger partial charge on any atom is 0.220 e. The topological polar surface area (TPSA) is 91.6 Å². The van der Waals surface area contributed by atoms with Gasteiger partial charge in [0.05, 0.1) is 18.4 Å². The number of amides is 1. The van der Waals surface area contributed by atoms with E-state index in [-0.39, 0.29) is 37.4 Å². The number of nitrogens with one attached hydrogen (secondary N) is 2. The van der Waals surface area contributed by atoms with E-state index in [4.69, 9.17) is 4.42 Å². The van der Waals surface area contributed by atoms with Crippen LogP contribution in [-0.2, 0) is 24.2 Å². The number of aliphatic hydroxyl groups excluding tert-OH is 1. The Morgan fingerprint density at radius 3 is 2.40 bits per heavy atom. The van der Waals surface area contributed by atoms with Gasteiger partial charge in [-0.1, -0.05) is 31.2 Å². The molecule has 3 aromatic rings. The van der Waals surface area contributed by atoms with Crippen LogP contribution in [0.5, 0.6) is 0 Å². The average molecular weight is 485 g/mol. The van der Waals surface area contributed by atoms with Crippen LogP contribution >= 0.6 is 0 Å². The lowest BCUT2D eigenvalue weighted by Gasteiger charge is -2.25. The van der Waals surface area contributed by atoms with Gasteiger partial charge in [-0.3, -0.25) is 9.59 Å². The van der Waals surface area contributed by atoms with Crippen molar-refractivity contribution in [2.45, 2.75) is 51.3 Å². The monoisotopic (exact) mass is 484 g/mol. The Morgan fingerprint density at radius 1 is 0.971 bits per heavy atom. The minimum Gasteiger partial charge on any atom is -0.461 e. The van der Waals surface area contributed by atoms with Crippen molar-refractivity contribution in [1.82, 2.24) is 10.6 Å². The van der Waals surface area contributed by atoms with Crippen LogP contribution in [0.1, 0.15) is 47.0 Å². The summed E-state index contributed by atoms with van der Waals surface area (Å²) in [6.07, 6.45) is 1.09. The highest BCUT2D eigenvalue weighted by Crippen LogP contribution is 2.13. The van der Waals surface area contributed by atoms with Gasteiger partial charge >= 0.3 is 0 Å². The number of aryl methyl sites for hydroxylation is 1. The van der Waals surface area contributed by atoms with Crippen LogP contribution in [0, 0.1) is 11.6 Å². The Balaban J connectivity index is 1.61. The normalized spacial score (nSPS) is 12.8. The molecule has 0 radical (unpaired) electrons. The number of ketones is 1. The van der Waals surface area contributed by atoms with Crippen LogP contribution < -0.4 is 10.6 Å². The maximum atomic E-state index is 13.7. The summed E-state index contributed by atoms with van der Waals surface area (Å²) in [6, 6.07) is 13.4. The first-order valence-electron chi connectivity index (χ1n) is 11.6. The molecule has 0 bridgehead atoms. The van der Waals surface area contributed by atoms with Gasteiger partial charge in [0.1, 0.15) is 11.6 Å². The van der Waals surface area contributed by atoms with Crippen molar-refractivity contribution < 1.29 is 27.9 Å². The first-order chi connectivity index (χ1) is 16.8. The van der Waals surface area contributed by atoms with Gasteiger partial charge in [0.15, 0.2) is 11.5 Å². The number of halogens is 2. The second-order valence-corrected chi connectivity index (χ2v) is 8.43. The number of aliphatic hydroxyl groups is 1. The molecule has 3 rings (SSSR count). The molecule has 35 heavy (non-hydrogen) atoms. The van der Waals surface area contributed by atoms with Crippen LogP contribution in [0.15, 0.2) is 65.3 Å². The summed E-state index contributed by atoms with van der Waals surface area (Å²) in [4.78, 5) is 24.6. The number of Topliss-reactive ketones (excluding diaryl/α,β-unsaturated/α-hetero) is 1. The number of rotatable bonds is 13. The minimum absolute atomic E-state index is 0.0146. The van der Waals surface area contributed by atoms with Crippen LogP contribution in [0.4, 0.5) is 8.78 Å². The molecule has 2 atom stereocenters. The van der Waals surface area contributed by atoms with Crippen LogP contribution in [0.2, 0.25) is 0 Å². The molecule has 186 valence electrons. The van der Waals surface area contributed by atoms with Crippen molar-refractivity contribution in [3.8, 4) is 0 Å². The van der Waals surface area contributed by atoms with Gasteiger partial charge in [0.25, 0.3) is 0 Å². The molecule has 2 aromatic carbocycles. The molecule has 0 saturated heterocycles. The number of hydrogen-bond acceptors (Lipinski definition) is 5. The van der Waals surface area contributed by atoms with Crippen LogP contribution in [-0.4, -0.2) is 35.5 Å².